The fourth-order valence-corrected chi connectivity index (χ4v) is 1.53. The summed E-state index contributed by atoms with van der Waals surface area (Å²) in [4.78, 5) is 10.9. The zero-order valence-electron chi connectivity index (χ0n) is 7.46. The molecule has 0 aromatic heterocycles. The van der Waals surface area contributed by atoms with Crippen molar-refractivity contribution in [3.05, 3.63) is 33.8 Å². The molecule has 0 fully saturated rings. The highest BCUT2D eigenvalue weighted by Gasteiger charge is 2.12. The average Bonchev–Trinajstić information content (AvgIpc) is 2.01. The van der Waals surface area contributed by atoms with E-state index in [1.54, 1.807) is 25.1 Å². The van der Waals surface area contributed by atoms with Gasteiger partial charge in [-0.2, -0.15) is 0 Å². The Labute approximate surface area is 98.8 Å². The number of rotatable bonds is 2. The zero-order valence-corrected chi connectivity index (χ0v) is 9.79. The smallest absolute Gasteiger partial charge is 0.224 e. The van der Waals surface area contributed by atoms with Crippen molar-refractivity contribution in [2.24, 2.45) is 5.73 Å². The van der Waals surface area contributed by atoms with Gasteiger partial charge in [0.2, 0.25) is 5.91 Å². The van der Waals surface area contributed by atoms with Gasteiger partial charge in [-0.25, -0.2) is 0 Å². The van der Waals surface area contributed by atoms with Crippen molar-refractivity contribution in [3.63, 3.8) is 0 Å². The molecule has 2 N–H and O–H groups in total. The minimum absolute atomic E-state index is 0. The fraction of sp³-hybridized carbons (Fsp3) is 0.222. The molecule has 0 heterocycles. The number of nitrogens with two attached hydrogens (primary N) is 1. The van der Waals surface area contributed by atoms with E-state index in [1.807, 2.05) is 0 Å². The highest BCUT2D eigenvalue weighted by atomic mass is 35.5. The van der Waals surface area contributed by atoms with Crippen LogP contribution in [-0.2, 0) is 4.79 Å². The second-order valence-corrected chi connectivity index (χ2v) is 3.70. The van der Waals surface area contributed by atoms with Gasteiger partial charge in [-0.1, -0.05) is 23.2 Å². The van der Waals surface area contributed by atoms with E-state index in [4.69, 9.17) is 28.9 Å². The van der Waals surface area contributed by atoms with Crippen LogP contribution in [0.2, 0.25) is 10.0 Å². The highest BCUT2D eigenvalue weighted by molar-refractivity contribution is 6.34. The first-order chi connectivity index (χ1) is 6.00. The van der Waals surface area contributed by atoms with Gasteiger partial charge in [-0.05, 0) is 30.7 Å². The van der Waals surface area contributed by atoms with Crippen LogP contribution in [0.4, 0.5) is 0 Å². The molecule has 0 spiro atoms. The Kier molecular flexibility index (Phi) is 5.27. The van der Waals surface area contributed by atoms with E-state index in [2.05, 4.69) is 0 Å². The van der Waals surface area contributed by atoms with Crippen molar-refractivity contribution >= 4 is 41.5 Å². The molecule has 5 heteroatoms. The summed E-state index contributed by atoms with van der Waals surface area (Å²) < 4.78 is 0. The molecule has 0 bridgehead atoms. The van der Waals surface area contributed by atoms with Crippen LogP contribution in [-0.4, -0.2) is 5.91 Å². The Morgan fingerprint density at radius 3 is 2.07 bits per heavy atom. The number of hydrogen-bond donors (Lipinski definition) is 1. The zero-order chi connectivity index (χ0) is 10.0. The summed E-state index contributed by atoms with van der Waals surface area (Å²) in [5, 5.41) is 1.02. The van der Waals surface area contributed by atoms with Crippen LogP contribution in [0.3, 0.4) is 0 Å². The molecule has 1 aromatic carbocycles. The van der Waals surface area contributed by atoms with E-state index in [-0.39, 0.29) is 18.3 Å². The van der Waals surface area contributed by atoms with Crippen molar-refractivity contribution in [3.8, 4) is 0 Å². The summed E-state index contributed by atoms with van der Waals surface area (Å²) in [5.74, 6) is -0.755. The van der Waals surface area contributed by atoms with Crippen LogP contribution in [0, 0.1) is 0 Å². The molecule has 78 valence electrons. The van der Waals surface area contributed by atoms with Crippen LogP contribution < -0.4 is 5.73 Å². The van der Waals surface area contributed by atoms with Gasteiger partial charge in [0, 0.05) is 10.0 Å². The Morgan fingerprint density at radius 2 is 1.71 bits per heavy atom. The third-order valence-electron chi connectivity index (χ3n) is 1.81. The van der Waals surface area contributed by atoms with Crippen LogP contribution in [0.5, 0.6) is 0 Å². The molecule has 0 radical (unpaired) electrons. The monoisotopic (exact) mass is 253 g/mol. The van der Waals surface area contributed by atoms with E-state index < -0.39 is 5.91 Å². The summed E-state index contributed by atoms with van der Waals surface area (Å²) in [5.41, 5.74) is 5.88. The predicted molar refractivity (Wildman–Crippen MR) is 61.3 cm³/mol. The summed E-state index contributed by atoms with van der Waals surface area (Å²) in [6.07, 6.45) is 0. The van der Waals surface area contributed by atoms with Gasteiger partial charge in [0.05, 0.1) is 5.92 Å². The molecule has 1 amide bonds. The van der Waals surface area contributed by atoms with Gasteiger partial charge in [0.15, 0.2) is 0 Å². The van der Waals surface area contributed by atoms with E-state index in [0.717, 1.165) is 5.56 Å². The van der Waals surface area contributed by atoms with Gasteiger partial charge >= 0.3 is 0 Å². The molecule has 0 saturated carbocycles. The normalized spacial score (nSPS) is 11.6. The molecule has 0 aliphatic carbocycles. The number of carbonyl (C=O) groups excluding carboxylic acids is 1. The molecule has 2 nitrogen and oxygen atoms in total. The number of amides is 1. The Morgan fingerprint density at radius 1 is 1.29 bits per heavy atom. The minimum Gasteiger partial charge on any atom is -0.369 e. The molecule has 1 aromatic rings. The molecule has 0 aliphatic rings. The number of benzene rings is 1. The molecule has 0 aliphatic heterocycles. The maximum Gasteiger partial charge on any atom is 0.224 e. The summed E-state index contributed by atoms with van der Waals surface area (Å²) in [6.45, 7) is 1.71. The lowest BCUT2D eigenvalue weighted by Crippen LogP contribution is -2.18. The Bertz CT molecular complexity index is 321. The second kappa shape index (κ2) is 5.44. The fourth-order valence-electron chi connectivity index (χ4n) is 0.989. The number of halogens is 3. The van der Waals surface area contributed by atoms with Crippen molar-refractivity contribution in [1.29, 1.82) is 0 Å². The number of hydrogen-bond acceptors (Lipinski definition) is 1. The maximum absolute atomic E-state index is 10.9. The van der Waals surface area contributed by atoms with Gasteiger partial charge in [-0.15, -0.1) is 12.4 Å². The van der Waals surface area contributed by atoms with Gasteiger partial charge < -0.3 is 5.73 Å². The predicted octanol–water partition coefficient (Wildman–Crippen LogP) is 3.00. The first kappa shape index (κ1) is 13.6. The molecule has 0 saturated heterocycles. The third-order valence-corrected chi connectivity index (χ3v) is 2.25. The minimum atomic E-state index is -0.390. The average molecular weight is 255 g/mol. The maximum atomic E-state index is 10.9. The van der Waals surface area contributed by atoms with Crippen LogP contribution >= 0.6 is 35.6 Å². The lowest BCUT2D eigenvalue weighted by molar-refractivity contribution is -0.119. The Balaban J connectivity index is 0.00000169. The summed E-state index contributed by atoms with van der Waals surface area (Å²) in [7, 11) is 0. The topological polar surface area (TPSA) is 43.1 Å². The molecular weight excluding hydrogens is 244 g/mol. The molecular formula is C9H10Cl3NO. The quantitative estimate of drug-likeness (QED) is 0.866. The molecule has 14 heavy (non-hydrogen) atoms. The van der Waals surface area contributed by atoms with Gasteiger partial charge in [0.1, 0.15) is 0 Å². The van der Waals surface area contributed by atoms with E-state index >= 15 is 0 Å². The van der Waals surface area contributed by atoms with E-state index in [0.29, 0.717) is 10.0 Å². The molecule has 1 atom stereocenters. The first-order valence-electron chi connectivity index (χ1n) is 3.76. The lowest BCUT2D eigenvalue weighted by atomic mass is 10.0. The van der Waals surface area contributed by atoms with Crippen LogP contribution in [0.1, 0.15) is 18.4 Å². The summed E-state index contributed by atoms with van der Waals surface area (Å²) >= 11 is 11.5. The van der Waals surface area contributed by atoms with E-state index in [9.17, 15) is 4.79 Å². The van der Waals surface area contributed by atoms with Crippen molar-refractivity contribution in [2.45, 2.75) is 12.8 Å². The molecule has 1 rings (SSSR count). The third kappa shape index (κ3) is 3.37. The largest absolute Gasteiger partial charge is 0.369 e. The SMILES string of the molecule is CC(C(N)=O)c1cc(Cl)cc(Cl)c1.Cl. The van der Waals surface area contributed by atoms with Gasteiger partial charge in [0.25, 0.3) is 0 Å². The van der Waals surface area contributed by atoms with Crippen LogP contribution in [0.25, 0.3) is 0 Å². The van der Waals surface area contributed by atoms with Crippen LogP contribution in [0.15, 0.2) is 18.2 Å². The lowest BCUT2D eigenvalue weighted by Gasteiger charge is -2.08. The number of primary amides is 1. The van der Waals surface area contributed by atoms with E-state index in [1.165, 1.54) is 0 Å². The van der Waals surface area contributed by atoms with Crippen molar-refractivity contribution in [2.75, 3.05) is 0 Å². The highest BCUT2D eigenvalue weighted by Crippen LogP contribution is 2.24. The van der Waals surface area contributed by atoms with Crippen molar-refractivity contribution < 1.29 is 4.79 Å². The summed E-state index contributed by atoms with van der Waals surface area (Å²) in [6, 6.07) is 4.98. The standard InChI is InChI=1S/C9H9Cl2NO.ClH/c1-5(9(12)13)6-2-7(10)4-8(11)3-6;/h2-5H,1H3,(H2,12,13);1H. The van der Waals surface area contributed by atoms with Gasteiger partial charge in [-0.3, -0.25) is 4.79 Å². The molecule has 1 unspecified atom stereocenters. The van der Waals surface area contributed by atoms with Crippen molar-refractivity contribution in [1.82, 2.24) is 0 Å². The Hall–Kier alpha value is -0.440. The number of carbonyl (C=O) groups is 1. The second-order valence-electron chi connectivity index (χ2n) is 2.83. The first-order valence-corrected chi connectivity index (χ1v) is 4.51.